The molecule has 120 valence electrons. The third kappa shape index (κ3) is 2.98. The lowest BCUT2D eigenvalue weighted by molar-refractivity contribution is -0.137. The van der Waals surface area contributed by atoms with Gasteiger partial charge in [-0.3, -0.25) is 9.69 Å². The van der Waals surface area contributed by atoms with Gasteiger partial charge in [0, 0.05) is 44.3 Å². The van der Waals surface area contributed by atoms with Crippen LogP contribution in [-0.2, 0) is 4.79 Å². The van der Waals surface area contributed by atoms with Gasteiger partial charge in [0.15, 0.2) is 0 Å². The average Bonchev–Trinajstić information content (AvgIpc) is 3.11. The maximum atomic E-state index is 12.8. The first-order valence-corrected chi connectivity index (χ1v) is 8.74. The molecule has 3 aliphatic rings. The molecule has 3 aliphatic heterocycles. The molecule has 0 aliphatic carbocycles. The molecule has 0 N–H and O–H groups in total. The highest BCUT2D eigenvalue weighted by molar-refractivity contribution is 5.80. The molecule has 0 saturated carbocycles. The van der Waals surface area contributed by atoms with E-state index in [-0.39, 0.29) is 5.92 Å². The highest BCUT2D eigenvalue weighted by Crippen LogP contribution is 2.33. The van der Waals surface area contributed by atoms with Crippen molar-refractivity contribution >= 4 is 5.91 Å². The van der Waals surface area contributed by atoms with Gasteiger partial charge in [-0.15, -0.1) is 0 Å². The van der Waals surface area contributed by atoms with Crippen LogP contribution in [0.25, 0.3) is 0 Å². The Hall–Kier alpha value is -0.610. The first-order valence-electron chi connectivity index (χ1n) is 8.74. The fourth-order valence-corrected chi connectivity index (χ4v) is 4.40. The van der Waals surface area contributed by atoms with Crippen LogP contribution < -0.4 is 0 Å². The van der Waals surface area contributed by atoms with E-state index in [2.05, 4.69) is 42.4 Å². The lowest BCUT2D eigenvalue weighted by Gasteiger charge is -2.36. The fourth-order valence-electron chi connectivity index (χ4n) is 4.40. The molecule has 3 atom stereocenters. The van der Waals surface area contributed by atoms with Crippen LogP contribution in [0.15, 0.2) is 0 Å². The zero-order chi connectivity index (χ0) is 15.1. The van der Waals surface area contributed by atoms with Crippen molar-refractivity contribution < 1.29 is 4.79 Å². The van der Waals surface area contributed by atoms with Gasteiger partial charge in [-0.2, -0.15) is 0 Å². The van der Waals surface area contributed by atoms with Gasteiger partial charge < -0.3 is 9.80 Å². The Labute approximate surface area is 129 Å². The molecule has 0 aromatic carbocycles. The third-order valence-electron chi connectivity index (χ3n) is 5.54. The predicted molar refractivity (Wildman–Crippen MR) is 85.1 cm³/mol. The van der Waals surface area contributed by atoms with Crippen molar-refractivity contribution in [1.29, 1.82) is 0 Å². The van der Waals surface area contributed by atoms with Gasteiger partial charge in [0.2, 0.25) is 5.91 Å². The number of rotatable bonds is 4. The summed E-state index contributed by atoms with van der Waals surface area (Å²) in [5.74, 6) is 1.42. The summed E-state index contributed by atoms with van der Waals surface area (Å²) in [6, 6.07) is 1.69. The Balaban J connectivity index is 1.55. The minimum atomic E-state index is 0.255. The molecule has 2 bridgehead atoms. The molecule has 3 rings (SSSR count). The Kier molecular flexibility index (Phi) is 4.28. The van der Waals surface area contributed by atoms with Crippen molar-refractivity contribution in [3.8, 4) is 0 Å². The topological polar surface area (TPSA) is 26.8 Å². The van der Waals surface area contributed by atoms with Gasteiger partial charge in [0.05, 0.1) is 5.92 Å². The minimum absolute atomic E-state index is 0.255. The number of likely N-dealkylation sites (tertiary alicyclic amines) is 3. The molecule has 3 fully saturated rings. The fraction of sp³-hybridized carbons (Fsp3) is 0.941. The van der Waals surface area contributed by atoms with Crippen LogP contribution in [0, 0.1) is 11.8 Å². The van der Waals surface area contributed by atoms with E-state index >= 15 is 0 Å². The number of carbonyl (C=O) groups excluding carboxylic acids is 1. The van der Waals surface area contributed by atoms with Crippen LogP contribution in [-0.4, -0.2) is 71.5 Å². The summed E-state index contributed by atoms with van der Waals surface area (Å²) in [6.45, 7) is 14.4. The van der Waals surface area contributed by atoms with Crippen LogP contribution in [0.2, 0.25) is 0 Å². The van der Waals surface area contributed by atoms with Crippen molar-refractivity contribution in [3.05, 3.63) is 0 Å². The Morgan fingerprint density at radius 1 is 1.10 bits per heavy atom. The molecule has 0 aromatic rings. The maximum absolute atomic E-state index is 12.8. The smallest absolute Gasteiger partial charge is 0.227 e. The number of fused-ring (bicyclic) bond motifs is 2. The van der Waals surface area contributed by atoms with E-state index in [0.29, 0.717) is 24.0 Å². The summed E-state index contributed by atoms with van der Waals surface area (Å²) in [6.07, 6.45) is 2.26. The summed E-state index contributed by atoms with van der Waals surface area (Å²) in [5.41, 5.74) is 0. The number of hydrogen-bond donors (Lipinski definition) is 0. The molecule has 0 unspecified atom stereocenters. The van der Waals surface area contributed by atoms with Gasteiger partial charge in [-0.1, -0.05) is 13.8 Å². The van der Waals surface area contributed by atoms with Crippen molar-refractivity contribution in [2.45, 2.75) is 58.7 Å². The third-order valence-corrected chi connectivity index (χ3v) is 5.54. The van der Waals surface area contributed by atoms with E-state index in [9.17, 15) is 4.79 Å². The van der Waals surface area contributed by atoms with Gasteiger partial charge in [0.25, 0.3) is 0 Å². The monoisotopic (exact) mass is 293 g/mol. The van der Waals surface area contributed by atoms with Crippen molar-refractivity contribution in [1.82, 2.24) is 14.7 Å². The van der Waals surface area contributed by atoms with Gasteiger partial charge in [0.1, 0.15) is 0 Å². The Morgan fingerprint density at radius 2 is 1.86 bits per heavy atom. The predicted octanol–water partition coefficient (Wildman–Crippen LogP) is 1.66. The summed E-state index contributed by atoms with van der Waals surface area (Å²) in [5, 5.41) is 0. The molecular formula is C17H31N3O. The largest absolute Gasteiger partial charge is 0.337 e. The van der Waals surface area contributed by atoms with Crippen LogP contribution in [0.3, 0.4) is 0 Å². The standard InChI is InChI=1S/C17H31N3O/c1-12(2)8-19-10-16-7-15(19)11-20(16)17(21)14-5-6-18(9-14)13(3)4/h12-16H,5-11H2,1-4H3/t14-,15-,16-/m1/s1. The first kappa shape index (κ1) is 15.3. The number of hydrogen-bond acceptors (Lipinski definition) is 3. The second-order valence-corrected chi connectivity index (χ2v) is 7.96. The van der Waals surface area contributed by atoms with Gasteiger partial charge in [-0.05, 0) is 39.2 Å². The second kappa shape index (κ2) is 5.88. The summed E-state index contributed by atoms with van der Waals surface area (Å²) in [7, 11) is 0. The van der Waals surface area contributed by atoms with E-state index in [1.54, 1.807) is 0 Å². The highest BCUT2D eigenvalue weighted by Gasteiger charge is 2.47. The minimum Gasteiger partial charge on any atom is -0.337 e. The molecule has 0 spiro atoms. The van der Waals surface area contributed by atoms with Crippen molar-refractivity contribution in [2.24, 2.45) is 11.8 Å². The second-order valence-electron chi connectivity index (χ2n) is 7.96. The zero-order valence-corrected chi connectivity index (χ0v) is 14.1. The average molecular weight is 293 g/mol. The van der Waals surface area contributed by atoms with E-state index in [4.69, 9.17) is 0 Å². The maximum Gasteiger partial charge on any atom is 0.227 e. The van der Waals surface area contributed by atoms with Crippen molar-refractivity contribution in [3.63, 3.8) is 0 Å². The summed E-state index contributed by atoms with van der Waals surface area (Å²) in [4.78, 5) is 20.1. The van der Waals surface area contributed by atoms with E-state index in [0.717, 1.165) is 38.5 Å². The number of carbonyl (C=O) groups is 1. The lowest BCUT2D eigenvalue weighted by Crippen LogP contribution is -2.51. The molecule has 0 radical (unpaired) electrons. The molecule has 4 nitrogen and oxygen atoms in total. The highest BCUT2D eigenvalue weighted by atomic mass is 16.2. The van der Waals surface area contributed by atoms with Crippen molar-refractivity contribution in [2.75, 3.05) is 32.7 Å². The molecule has 3 saturated heterocycles. The lowest BCUT2D eigenvalue weighted by atomic mass is 10.1. The first-order chi connectivity index (χ1) is 9.95. The van der Waals surface area contributed by atoms with E-state index < -0.39 is 0 Å². The molecule has 1 amide bonds. The normalized spacial score (nSPS) is 33.8. The van der Waals surface area contributed by atoms with Crippen LogP contribution in [0.5, 0.6) is 0 Å². The van der Waals surface area contributed by atoms with Gasteiger partial charge in [-0.25, -0.2) is 0 Å². The molecule has 21 heavy (non-hydrogen) atoms. The summed E-state index contributed by atoms with van der Waals surface area (Å²) < 4.78 is 0. The summed E-state index contributed by atoms with van der Waals surface area (Å²) >= 11 is 0. The molecule has 0 aromatic heterocycles. The SMILES string of the molecule is CC(C)CN1C[C@H]2C[C@@H]1CN2C(=O)[C@@H]1CCN(C(C)C)C1. The van der Waals surface area contributed by atoms with Crippen LogP contribution in [0.4, 0.5) is 0 Å². The van der Waals surface area contributed by atoms with E-state index in [1.807, 2.05) is 0 Å². The van der Waals surface area contributed by atoms with Crippen LogP contribution >= 0.6 is 0 Å². The Bertz CT molecular complexity index is 395. The molecule has 4 heteroatoms. The quantitative estimate of drug-likeness (QED) is 0.789. The number of piperazine rings is 1. The van der Waals surface area contributed by atoms with Crippen LogP contribution in [0.1, 0.15) is 40.5 Å². The van der Waals surface area contributed by atoms with E-state index in [1.165, 1.54) is 13.0 Å². The Morgan fingerprint density at radius 3 is 2.38 bits per heavy atom. The molecular weight excluding hydrogens is 262 g/mol. The number of amides is 1. The number of nitrogens with zero attached hydrogens (tertiary/aromatic N) is 3. The molecule has 3 heterocycles. The zero-order valence-electron chi connectivity index (χ0n) is 14.1. The van der Waals surface area contributed by atoms with Gasteiger partial charge >= 0.3 is 0 Å².